The zero-order valence-corrected chi connectivity index (χ0v) is 22.5. The quantitative estimate of drug-likeness (QED) is 0.264. The number of aryl methyl sites for hydroxylation is 1. The van der Waals surface area contributed by atoms with Crippen LogP contribution in [-0.4, -0.2) is 52.2 Å². The topological polar surface area (TPSA) is 87.4 Å². The number of carbonyl (C=O) groups is 1. The van der Waals surface area contributed by atoms with Gasteiger partial charge in [0.1, 0.15) is 22.7 Å². The molecule has 0 bridgehead atoms. The Morgan fingerprint density at radius 3 is 2.69 bits per heavy atom. The molecule has 2 aromatic heterocycles. The molecule has 198 valence electrons. The van der Waals surface area contributed by atoms with E-state index in [9.17, 15) is 4.79 Å². The summed E-state index contributed by atoms with van der Waals surface area (Å²) in [5.74, 6) is 1.55. The fourth-order valence-corrected chi connectivity index (χ4v) is 5.27. The number of nitrogens with zero attached hydrogens (tertiary/aromatic N) is 5. The standard InChI is InChI=1S/C30H29ClN6O2/c1-2-7-25-33-28(36-14-6-15-37(17-16-36)30(38)32-24-11-5-10-23(31)19-24)26-27(35-39-29(26)34-25)22-13-12-20-8-3-4-9-21(20)18-22/h3-5,8-13,18-19H,2,6-7,14-17H2,1H3,(H,32,38). The molecule has 5 aromatic rings. The van der Waals surface area contributed by atoms with E-state index in [1.165, 1.54) is 5.39 Å². The van der Waals surface area contributed by atoms with Gasteiger partial charge in [-0.1, -0.05) is 66.1 Å². The van der Waals surface area contributed by atoms with Crippen LogP contribution in [-0.2, 0) is 6.42 Å². The van der Waals surface area contributed by atoms with Gasteiger partial charge >= 0.3 is 6.03 Å². The number of nitrogens with one attached hydrogen (secondary N) is 1. The predicted octanol–water partition coefficient (Wildman–Crippen LogP) is 6.79. The molecule has 8 nitrogen and oxygen atoms in total. The summed E-state index contributed by atoms with van der Waals surface area (Å²) in [7, 11) is 0. The molecule has 0 unspecified atom stereocenters. The number of urea groups is 1. The third kappa shape index (κ3) is 5.25. The molecule has 0 aliphatic carbocycles. The van der Waals surface area contributed by atoms with Crippen LogP contribution in [0, 0.1) is 0 Å². The minimum Gasteiger partial charge on any atom is -0.354 e. The predicted molar refractivity (Wildman–Crippen MR) is 155 cm³/mol. The Labute approximate surface area is 231 Å². The monoisotopic (exact) mass is 540 g/mol. The Balaban J connectivity index is 1.32. The van der Waals surface area contributed by atoms with E-state index in [0.29, 0.717) is 36.1 Å². The fraction of sp³-hybridized carbons (Fsp3) is 0.267. The van der Waals surface area contributed by atoms with Crippen molar-refractivity contribution in [2.24, 2.45) is 0 Å². The zero-order valence-electron chi connectivity index (χ0n) is 21.7. The van der Waals surface area contributed by atoms with E-state index in [1.54, 1.807) is 12.1 Å². The van der Waals surface area contributed by atoms with Gasteiger partial charge in [0.05, 0.1) is 0 Å². The summed E-state index contributed by atoms with van der Waals surface area (Å²) in [5.41, 5.74) is 2.86. The Hall–Kier alpha value is -4.17. The highest BCUT2D eigenvalue weighted by Gasteiger charge is 2.26. The molecule has 3 aromatic carbocycles. The summed E-state index contributed by atoms with van der Waals surface area (Å²) in [4.78, 5) is 26.8. The average molecular weight is 541 g/mol. The van der Waals surface area contributed by atoms with E-state index in [-0.39, 0.29) is 6.03 Å². The zero-order chi connectivity index (χ0) is 26.8. The number of halogens is 1. The van der Waals surface area contributed by atoms with Crippen molar-refractivity contribution < 1.29 is 9.32 Å². The van der Waals surface area contributed by atoms with Crippen molar-refractivity contribution >= 4 is 51.0 Å². The summed E-state index contributed by atoms with van der Waals surface area (Å²) in [6, 6.07) is 21.6. The van der Waals surface area contributed by atoms with Crippen molar-refractivity contribution in [1.82, 2.24) is 20.0 Å². The van der Waals surface area contributed by atoms with E-state index in [4.69, 9.17) is 26.1 Å². The van der Waals surface area contributed by atoms with Crippen LogP contribution in [0.25, 0.3) is 33.1 Å². The number of aromatic nitrogens is 3. The number of hydrogen-bond donors (Lipinski definition) is 1. The minimum absolute atomic E-state index is 0.138. The lowest BCUT2D eigenvalue weighted by atomic mass is 10.0. The summed E-state index contributed by atoms with van der Waals surface area (Å²) in [5, 5.41) is 11.1. The van der Waals surface area contributed by atoms with Crippen LogP contribution >= 0.6 is 11.6 Å². The van der Waals surface area contributed by atoms with Gasteiger partial charge in [-0.15, -0.1) is 0 Å². The maximum atomic E-state index is 13.0. The highest BCUT2D eigenvalue weighted by molar-refractivity contribution is 6.30. The molecule has 9 heteroatoms. The van der Waals surface area contributed by atoms with Crippen LogP contribution in [0.4, 0.5) is 16.3 Å². The third-order valence-corrected chi connectivity index (χ3v) is 7.25. The van der Waals surface area contributed by atoms with Crippen molar-refractivity contribution in [3.05, 3.63) is 77.6 Å². The Morgan fingerprint density at radius 2 is 1.85 bits per heavy atom. The lowest BCUT2D eigenvalue weighted by molar-refractivity contribution is 0.215. The molecule has 39 heavy (non-hydrogen) atoms. The molecule has 6 rings (SSSR count). The molecule has 1 aliphatic heterocycles. The first kappa shape index (κ1) is 25.1. The van der Waals surface area contributed by atoms with Crippen molar-refractivity contribution in [2.75, 3.05) is 36.4 Å². The minimum atomic E-state index is -0.138. The summed E-state index contributed by atoms with van der Waals surface area (Å²) in [6.07, 6.45) is 2.47. The maximum absolute atomic E-state index is 13.0. The number of anilines is 2. The summed E-state index contributed by atoms with van der Waals surface area (Å²) >= 11 is 6.09. The van der Waals surface area contributed by atoms with Gasteiger partial charge in [-0.2, -0.15) is 4.98 Å². The molecule has 0 spiro atoms. The molecule has 2 amide bonds. The van der Waals surface area contributed by atoms with E-state index in [0.717, 1.165) is 59.5 Å². The highest BCUT2D eigenvalue weighted by atomic mass is 35.5. The number of amides is 2. The largest absolute Gasteiger partial charge is 0.354 e. The molecule has 1 N–H and O–H groups in total. The van der Waals surface area contributed by atoms with Crippen molar-refractivity contribution in [3.8, 4) is 11.3 Å². The first-order valence-electron chi connectivity index (χ1n) is 13.3. The van der Waals surface area contributed by atoms with Crippen molar-refractivity contribution in [1.29, 1.82) is 0 Å². The Kier molecular flexibility index (Phi) is 7.02. The van der Waals surface area contributed by atoms with Gasteiger partial charge in [-0.3, -0.25) is 0 Å². The van der Waals surface area contributed by atoms with Gasteiger partial charge in [-0.25, -0.2) is 9.78 Å². The molecular formula is C30H29ClN6O2. The van der Waals surface area contributed by atoms with Gasteiger partial charge < -0.3 is 19.6 Å². The number of fused-ring (bicyclic) bond motifs is 2. The first-order chi connectivity index (χ1) is 19.1. The normalized spacial score (nSPS) is 14.1. The van der Waals surface area contributed by atoms with E-state index in [2.05, 4.69) is 52.6 Å². The first-order valence-corrected chi connectivity index (χ1v) is 13.7. The molecule has 1 aliphatic rings. The molecule has 1 saturated heterocycles. The molecule has 1 fully saturated rings. The molecule has 0 radical (unpaired) electrons. The second-order valence-corrected chi connectivity index (χ2v) is 10.2. The third-order valence-electron chi connectivity index (χ3n) is 7.02. The Morgan fingerprint density at radius 1 is 0.974 bits per heavy atom. The van der Waals surface area contributed by atoms with Gasteiger partial charge in [0, 0.05) is 48.9 Å². The van der Waals surface area contributed by atoms with E-state index < -0.39 is 0 Å². The number of carbonyl (C=O) groups excluding carboxylic acids is 1. The summed E-state index contributed by atoms with van der Waals surface area (Å²) in [6.45, 7) is 4.68. The number of benzene rings is 3. The SMILES string of the molecule is CCCc1nc(N2CCCN(C(=O)Nc3cccc(Cl)c3)CC2)c2c(-c3ccc4ccccc4c3)noc2n1. The molecule has 0 saturated carbocycles. The van der Waals surface area contributed by atoms with E-state index in [1.807, 2.05) is 29.2 Å². The lowest BCUT2D eigenvalue weighted by Gasteiger charge is -2.24. The number of hydrogen-bond acceptors (Lipinski definition) is 6. The summed E-state index contributed by atoms with van der Waals surface area (Å²) < 4.78 is 5.79. The van der Waals surface area contributed by atoms with Crippen LogP contribution in [0.3, 0.4) is 0 Å². The van der Waals surface area contributed by atoms with Gasteiger partial charge in [0.15, 0.2) is 0 Å². The average Bonchev–Trinajstić information content (AvgIpc) is 3.21. The smallest absolute Gasteiger partial charge is 0.321 e. The van der Waals surface area contributed by atoms with Gasteiger partial charge in [-0.05, 0) is 47.9 Å². The van der Waals surface area contributed by atoms with Crippen LogP contribution in [0.5, 0.6) is 0 Å². The molecule has 0 atom stereocenters. The van der Waals surface area contributed by atoms with Crippen LogP contribution in [0.2, 0.25) is 5.02 Å². The molecule has 3 heterocycles. The van der Waals surface area contributed by atoms with Crippen molar-refractivity contribution in [2.45, 2.75) is 26.2 Å². The number of rotatable bonds is 5. The van der Waals surface area contributed by atoms with Crippen LogP contribution < -0.4 is 10.2 Å². The van der Waals surface area contributed by atoms with Crippen LogP contribution in [0.1, 0.15) is 25.6 Å². The van der Waals surface area contributed by atoms with Gasteiger partial charge in [0.2, 0.25) is 0 Å². The van der Waals surface area contributed by atoms with Gasteiger partial charge in [0.25, 0.3) is 5.71 Å². The van der Waals surface area contributed by atoms with Crippen molar-refractivity contribution in [3.63, 3.8) is 0 Å². The Bertz CT molecular complexity index is 1650. The maximum Gasteiger partial charge on any atom is 0.321 e. The van der Waals surface area contributed by atoms with E-state index >= 15 is 0 Å². The van der Waals surface area contributed by atoms with Crippen LogP contribution in [0.15, 0.2) is 71.3 Å². The second-order valence-electron chi connectivity index (χ2n) is 9.75. The molecular weight excluding hydrogens is 512 g/mol. The highest BCUT2D eigenvalue weighted by Crippen LogP contribution is 2.35. The lowest BCUT2D eigenvalue weighted by Crippen LogP contribution is -2.38. The second kappa shape index (κ2) is 10.9. The fourth-order valence-electron chi connectivity index (χ4n) is 5.08.